The first-order valence-corrected chi connectivity index (χ1v) is 17.3. The van der Waals surface area contributed by atoms with E-state index >= 15 is 0 Å². The van der Waals surface area contributed by atoms with Gasteiger partial charge in [-0.3, -0.25) is 0 Å². The van der Waals surface area contributed by atoms with Crippen LogP contribution >= 0.6 is 20.3 Å². The summed E-state index contributed by atoms with van der Waals surface area (Å²) in [7, 11) is 0. The van der Waals surface area contributed by atoms with Crippen molar-refractivity contribution in [2.75, 3.05) is 18.4 Å². The van der Waals surface area contributed by atoms with Crippen molar-refractivity contribution in [1.82, 2.24) is 19.3 Å². The van der Waals surface area contributed by atoms with Gasteiger partial charge in [-0.05, 0) is 0 Å². The average Bonchev–Trinajstić information content (AvgIpc) is 2.76. The van der Waals surface area contributed by atoms with Gasteiger partial charge in [-0.2, -0.15) is 0 Å². The molecule has 13 heteroatoms. The van der Waals surface area contributed by atoms with Crippen molar-refractivity contribution >= 4 is 77.8 Å². The molecule has 10 nitrogen and oxygen atoms in total. The number of primary amides is 1. The number of halogens is 1. The van der Waals surface area contributed by atoms with Crippen molar-refractivity contribution in [2.24, 2.45) is 5.73 Å². The first-order valence-electron chi connectivity index (χ1n) is 10.4. The molecule has 1 radical (unpaired) electrons. The molecule has 0 aromatic heterocycles. The van der Waals surface area contributed by atoms with Crippen LogP contribution in [0.4, 0.5) is 5.69 Å². The number of anilines is 1. The molecule has 0 fully saturated rings. The van der Waals surface area contributed by atoms with Gasteiger partial charge in [-0.15, -0.1) is 0 Å². The number of carbonyl (C=O) groups excluding carboxylic acids is 4. The number of hydrogen-bond acceptors (Lipinski definition) is 6. The molecule has 0 saturated heterocycles. The third kappa shape index (κ3) is 13.3. The predicted molar refractivity (Wildman–Crippen MR) is 138 cm³/mol. The maximum atomic E-state index is 12.6. The first kappa shape index (κ1) is 29.8. The van der Waals surface area contributed by atoms with E-state index in [1.165, 1.54) is 6.92 Å². The SMILES string of the molecule is CC(=O)Nc1ccc(CC(N[Se]I)C(=O)NCCCCNC(=O)CCC(N[Se])C(N)=O)cc1. The molecule has 0 spiro atoms. The van der Waals surface area contributed by atoms with Crippen molar-refractivity contribution in [3.8, 4) is 0 Å². The standard InChI is InChI=1S/C20H30IN6O4Se2/c1-13(28)25-15-6-4-14(5-7-15)12-17(27-33-21)20(31)24-11-3-2-10-23-18(29)9-8-16(26-32)19(22)30/h4-7,16-17,26-27H,2-3,8-12H2,1H3,(H2,22,30)(H,23,29)(H,24,31)(H,25,28). The quantitative estimate of drug-likeness (QED) is 0.0772. The normalized spacial score (nSPS) is 12.5. The molecule has 0 heterocycles. The number of nitrogens with one attached hydrogen (secondary N) is 5. The van der Waals surface area contributed by atoms with Gasteiger partial charge in [-0.25, -0.2) is 0 Å². The molecule has 7 N–H and O–H groups in total. The Labute approximate surface area is 220 Å². The fraction of sp³-hybridized carbons (Fsp3) is 0.500. The van der Waals surface area contributed by atoms with Crippen LogP contribution in [-0.2, 0) is 25.6 Å². The summed E-state index contributed by atoms with van der Waals surface area (Å²) >= 11 is 4.85. The van der Waals surface area contributed by atoms with E-state index in [2.05, 4.69) is 61.2 Å². The Hall–Kier alpha value is -1.21. The molecule has 0 aliphatic rings. The molecule has 1 rings (SSSR count). The third-order valence-corrected chi connectivity index (χ3v) is 7.29. The summed E-state index contributed by atoms with van der Waals surface area (Å²) in [5.74, 6) is -0.836. The van der Waals surface area contributed by atoms with E-state index in [-0.39, 0.29) is 42.1 Å². The number of nitrogens with two attached hydrogens (primary N) is 1. The first-order chi connectivity index (χ1) is 15.8. The molecule has 0 aliphatic carbocycles. The van der Waals surface area contributed by atoms with Gasteiger partial charge >= 0.3 is 221 Å². The molecular weight excluding hydrogens is 673 g/mol. The molecule has 2 atom stereocenters. The maximum absolute atomic E-state index is 12.6. The minimum atomic E-state index is -0.563. The minimum absolute atomic E-state index is 0.0649. The number of rotatable bonds is 16. The topological polar surface area (TPSA) is 154 Å². The summed E-state index contributed by atoms with van der Waals surface area (Å²) in [5.41, 5.74) is 6.93. The molecule has 183 valence electrons. The van der Waals surface area contributed by atoms with Crippen LogP contribution in [0.25, 0.3) is 0 Å². The van der Waals surface area contributed by atoms with E-state index in [0.717, 1.165) is 24.1 Å². The second-order valence-corrected chi connectivity index (χ2v) is 10.9. The van der Waals surface area contributed by atoms with Crippen LogP contribution in [0.5, 0.6) is 0 Å². The zero-order valence-corrected chi connectivity index (χ0v) is 23.9. The van der Waals surface area contributed by atoms with Gasteiger partial charge in [0.25, 0.3) is 0 Å². The summed E-state index contributed by atoms with van der Waals surface area (Å²) in [4.78, 5) is 46.7. The van der Waals surface area contributed by atoms with Crippen LogP contribution in [-0.4, -0.2) is 77.0 Å². The van der Waals surface area contributed by atoms with Gasteiger partial charge in [-0.1, -0.05) is 0 Å². The van der Waals surface area contributed by atoms with E-state index in [9.17, 15) is 19.2 Å². The van der Waals surface area contributed by atoms with Crippen molar-refractivity contribution in [1.29, 1.82) is 0 Å². The van der Waals surface area contributed by atoms with Crippen LogP contribution in [0, 0.1) is 0 Å². The summed E-state index contributed by atoms with van der Waals surface area (Å²) < 4.78 is 5.91. The van der Waals surface area contributed by atoms with Gasteiger partial charge in [0.05, 0.1) is 0 Å². The molecule has 33 heavy (non-hydrogen) atoms. The summed E-state index contributed by atoms with van der Waals surface area (Å²) in [6.07, 6.45) is 2.53. The van der Waals surface area contributed by atoms with Gasteiger partial charge in [0.2, 0.25) is 0 Å². The Kier molecular flexibility index (Phi) is 15.6. The Morgan fingerprint density at radius 3 is 2.24 bits per heavy atom. The van der Waals surface area contributed by atoms with Gasteiger partial charge in [0, 0.05) is 0 Å². The number of unbranched alkanes of at least 4 members (excludes halogenated alkanes) is 1. The van der Waals surface area contributed by atoms with Crippen LogP contribution in [0.2, 0.25) is 0 Å². The van der Waals surface area contributed by atoms with Crippen molar-refractivity contribution in [3.05, 3.63) is 29.8 Å². The van der Waals surface area contributed by atoms with Gasteiger partial charge in [0.1, 0.15) is 0 Å². The van der Waals surface area contributed by atoms with Crippen LogP contribution in [0.1, 0.15) is 38.2 Å². The Balaban J connectivity index is 2.31. The summed E-state index contributed by atoms with van der Waals surface area (Å²) in [6.45, 7) is 2.47. The Bertz CT molecular complexity index is 784. The fourth-order valence-electron chi connectivity index (χ4n) is 2.84. The molecule has 1 aromatic carbocycles. The Morgan fingerprint density at radius 2 is 1.70 bits per heavy atom. The monoisotopic (exact) mass is 705 g/mol. The molecule has 0 aliphatic heterocycles. The van der Waals surface area contributed by atoms with Crippen molar-refractivity contribution in [2.45, 2.75) is 51.1 Å². The second kappa shape index (κ2) is 17.3. The predicted octanol–water partition coefficient (Wildman–Crippen LogP) is -0.565. The summed E-state index contributed by atoms with van der Waals surface area (Å²) in [5, 5.41) is 8.47. The molecule has 4 amide bonds. The van der Waals surface area contributed by atoms with Crippen LogP contribution in [0.15, 0.2) is 24.3 Å². The van der Waals surface area contributed by atoms with Crippen molar-refractivity contribution < 1.29 is 19.2 Å². The van der Waals surface area contributed by atoms with E-state index in [4.69, 9.17) is 5.73 Å². The van der Waals surface area contributed by atoms with E-state index in [1.807, 2.05) is 24.3 Å². The zero-order chi connectivity index (χ0) is 24.6. The number of amides is 4. The molecule has 2 unspecified atom stereocenters. The zero-order valence-electron chi connectivity index (χ0n) is 18.3. The summed E-state index contributed by atoms with van der Waals surface area (Å²) in [6, 6.07) is 6.54. The number of hydrogen-bond donors (Lipinski definition) is 6. The van der Waals surface area contributed by atoms with Crippen molar-refractivity contribution in [3.63, 3.8) is 0 Å². The second-order valence-electron chi connectivity index (χ2n) is 7.29. The molecule has 0 bridgehead atoms. The van der Waals surface area contributed by atoms with E-state index < -0.39 is 11.9 Å². The third-order valence-electron chi connectivity index (χ3n) is 4.59. The van der Waals surface area contributed by atoms with Crippen LogP contribution in [0.3, 0.4) is 0 Å². The van der Waals surface area contributed by atoms with E-state index in [1.54, 1.807) is 0 Å². The van der Waals surface area contributed by atoms with Crippen LogP contribution < -0.4 is 30.4 Å². The number of carbonyl (C=O) groups is 4. The number of benzene rings is 1. The van der Waals surface area contributed by atoms with E-state index in [0.29, 0.717) is 25.9 Å². The fourth-order valence-corrected chi connectivity index (χ4v) is 5.55. The average molecular weight is 703 g/mol. The molecule has 0 saturated carbocycles. The Morgan fingerprint density at radius 1 is 1.06 bits per heavy atom. The molecular formula is C20H30IN6O4Se2. The van der Waals surface area contributed by atoms with Gasteiger partial charge in [0.15, 0.2) is 0 Å². The van der Waals surface area contributed by atoms with Gasteiger partial charge < -0.3 is 0 Å². The molecule has 1 aromatic rings.